The van der Waals surface area contributed by atoms with Gasteiger partial charge in [0, 0.05) is 35.8 Å². The monoisotopic (exact) mass is 642 g/mol. The van der Waals surface area contributed by atoms with Gasteiger partial charge in [0.25, 0.3) is 0 Å². The lowest BCUT2D eigenvalue weighted by molar-refractivity contribution is -0.119. The molecule has 4 rings (SSSR count). The minimum Gasteiger partial charge on any atom is -0.508 e. The van der Waals surface area contributed by atoms with Crippen LogP contribution in [0.1, 0.15) is 46.9 Å². The van der Waals surface area contributed by atoms with Crippen molar-refractivity contribution >= 4 is 37.6 Å². The largest absolute Gasteiger partial charge is 0.508 e. The fourth-order valence-corrected chi connectivity index (χ4v) is 5.19. The zero-order chi connectivity index (χ0) is 27.6. The normalized spacial score (nSPS) is 12.7. The summed E-state index contributed by atoms with van der Waals surface area (Å²) in [7, 11) is 0. The number of ketones is 1. The van der Waals surface area contributed by atoms with Gasteiger partial charge in [-0.3, -0.25) is 4.79 Å². The van der Waals surface area contributed by atoms with Gasteiger partial charge in [0.05, 0.1) is 0 Å². The topological polar surface area (TPSA) is 138 Å². The number of benzene rings is 4. The molecule has 6 N–H and O–H groups in total. The van der Waals surface area contributed by atoms with Gasteiger partial charge in [-0.05, 0) is 79.4 Å². The van der Waals surface area contributed by atoms with Crippen LogP contribution in [-0.2, 0) is 4.79 Å². The number of rotatable bonds is 8. The van der Waals surface area contributed by atoms with Gasteiger partial charge in [-0.1, -0.05) is 36.4 Å². The average Bonchev–Trinajstić information content (AvgIpc) is 2.90. The first-order valence-electron chi connectivity index (χ1n) is 11.6. The molecule has 0 fully saturated rings. The fourth-order valence-electron chi connectivity index (χ4n) is 4.47. The molecule has 7 nitrogen and oxygen atoms in total. The van der Waals surface area contributed by atoms with E-state index >= 15 is 0 Å². The van der Waals surface area contributed by atoms with Crippen molar-refractivity contribution in [3.63, 3.8) is 0 Å². The van der Waals surface area contributed by atoms with Crippen LogP contribution < -0.4 is 0 Å². The fraction of sp³-hybridized carbons (Fsp3) is 0.138. The molecule has 196 valence electrons. The summed E-state index contributed by atoms with van der Waals surface area (Å²) in [6.45, 7) is 0. The quantitative estimate of drug-likeness (QED) is 0.125. The third-order valence-electron chi connectivity index (χ3n) is 6.46. The van der Waals surface area contributed by atoms with Crippen molar-refractivity contribution in [1.82, 2.24) is 0 Å². The van der Waals surface area contributed by atoms with Crippen molar-refractivity contribution in [3.8, 4) is 34.5 Å². The van der Waals surface area contributed by atoms with E-state index in [1.165, 1.54) is 36.4 Å². The highest BCUT2D eigenvalue weighted by Crippen LogP contribution is 2.45. The number of carbonyl (C=O) groups is 1. The summed E-state index contributed by atoms with van der Waals surface area (Å²) >= 11 is 6.36. The number of phenols is 6. The zero-order valence-corrected chi connectivity index (χ0v) is 23.0. The van der Waals surface area contributed by atoms with E-state index < -0.39 is 11.8 Å². The molecule has 0 aliphatic carbocycles. The Balaban J connectivity index is 1.73. The molecule has 2 unspecified atom stereocenters. The molecule has 9 heteroatoms. The molecule has 4 aromatic carbocycles. The highest BCUT2D eigenvalue weighted by atomic mass is 79.9. The van der Waals surface area contributed by atoms with E-state index in [0.717, 1.165) is 0 Å². The lowest BCUT2D eigenvalue weighted by Gasteiger charge is -2.23. The first-order chi connectivity index (χ1) is 18.1. The first-order valence-corrected chi connectivity index (χ1v) is 13.2. The van der Waals surface area contributed by atoms with E-state index in [4.69, 9.17) is 0 Å². The second-order valence-corrected chi connectivity index (χ2v) is 10.5. The Morgan fingerprint density at radius 2 is 0.895 bits per heavy atom. The van der Waals surface area contributed by atoms with Crippen LogP contribution in [-0.4, -0.2) is 36.4 Å². The molecule has 0 bridgehead atoms. The van der Waals surface area contributed by atoms with Crippen molar-refractivity contribution in [2.45, 2.75) is 24.7 Å². The standard InChI is InChI=1S/C29H24Br2O7/c30-26-24(35)11-9-20(28(26)37)22(15-1-5-17(32)6-2-15)13-19(34)14-23(16-3-7-18(33)8-4-16)21-10-12-25(36)27(31)29(21)38/h1-12,22-23,32-33,35-38H,13-14H2. The van der Waals surface area contributed by atoms with E-state index in [9.17, 15) is 35.4 Å². The van der Waals surface area contributed by atoms with Crippen molar-refractivity contribution in [2.24, 2.45) is 0 Å². The Kier molecular flexibility index (Phi) is 8.18. The Hall–Kier alpha value is -3.69. The van der Waals surface area contributed by atoms with Crippen LogP contribution in [0.2, 0.25) is 0 Å². The van der Waals surface area contributed by atoms with Crippen LogP contribution in [0.15, 0.2) is 81.7 Å². The van der Waals surface area contributed by atoms with Crippen molar-refractivity contribution in [1.29, 1.82) is 0 Å². The van der Waals surface area contributed by atoms with Gasteiger partial charge < -0.3 is 30.6 Å². The number of hydrogen-bond acceptors (Lipinski definition) is 7. The van der Waals surface area contributed by atoms with Gasteiger partial charge in [0.15, 0.2) is 0 Å². The van der Waals surface area contributed by atoms with Crippen LogP contribution in [0, 0.1) is 0 Å². The van der Waals surface area contributed by atoms with E-state index in [-0.39, 0.29) is 62.1 Å². The third-order valence-corrected chi connectivity index (χ3v) is 8.02. The SMILES string of the molecule is O=C(CC(c1ccc(O)cc1)c1ccc(O)c(Br)c1O)CC(c1ccc(O)cc1)c1ccc(O)c(Br)c1O. The van der Waals surface area contributed by atoms with Crippen molar-refractivity contribution in [2.75, 3.05) is 0 Å². The summed E-state index contributed by atoms with van der Waals surface area (Å²) < 4.78 is 0.208. The number of carbonyl (C=O) groups excluding carboxylic acids is 1. The molecule has 0 heterocycles. The number of aromatic hydroxyl groups is 6. The number of halogens is 2. The smallest absolute Gasteiger partial charge is 0.137 e. The highest BCUT2D eigenvalue weighted by Gasteiger charge is 2.28. The zero-order valence-electron chi connectivity index (χ0n) is 19.8. The molecule has 0 amide bonds. The summed E-state index contributed by atoms with van der Waals surface area (Å²) in [6, 6.07) is 18.5. The molecule has 0 radical (unpaired) electrons. The maximum absolute atomic E-state index is 13.6. The van der Waals surface area contributed by atoms with Gasteiger partial charge in [0.1, 0.15) is 49.2 Å². The average molecular weight is 644 g/mol. The molecular formula is C29H24Br2O7. The Bertz CT molecular complexity index is 1360. The molecule has 0 spiro atoms. The summed E-state index contributed by atoms with van der Waals surface area (Å²) in [4.78, 5) is 13.6. The molecular weight excluding hydrogens is 620 g/mol. The molecule has 4 aromatic rings. The van der Waals surface area contributed by atoms with Crippen LogP contribution in [0.5, 0.6) is 34.5 Å². The van der Waals surface area contributed by atoms with E-state index in [0.29, 0.717) is 22.3 Å². The minimum absolute atomic E-state index is 0.0376. The minimum atomic E-state index is -0.611. The molecule has 2 atom stereocenters. The number of hydrogen-bond donors (Lipinski definition) is 6. The number of Topliss-reactive ketones (excluding diaryl/α,β-unsaturated/α-hetero) is 1. The van der Waals surface area contributed by atoms with E-state index in [2.05, 4.69) is 31.9 Å². The van der Waals surface area contributed by atoms with Gasteiger partial charge in [-0.25, -0.2) is 0 Å². The molecule has 0 aliphatic heterocycles. The van der Waals surface area contributed by atoms with Crippen LogP contribution in [0.25, 0.3) is 0 Å². The van der Waals surface area contributed by atoms with Gasteiger partial charge in [0.2, 0.25) is 0 Å². The predicted octanol–water partition coefficient (Wildman–Crippen LogP) is 6.76. The number of phenolic OH excluding ortho intramolecular Hbond substituents is 6. The molecule has 0 aromatic heterocycles. The molecule has 0 aliphatic rings. The van der Waals surface area contributed by atoms with Gasteiger partial charge in [-0.15, -0.1) is 0 Å². The van der Waals surface area contributed by atoms with Crippen molar-refractivity contribution in [3.05, 3.63) is 104 Å². The highest BCUT2D eigenvalue weighted by molar-refractivity contribution is 9.11. The van der Waals surface area contributed by atoms with E-state index in [1.54, 1.807) is 36.4 Å². The molecule has 0 saturated carbocycles. The summed E-state index contributed by atoms with van der Waals surface area (Å²) in [5.74, 6) is -2.02. The van der Waals surface area contributed by atoms with Gasteiger partial charge >= 0.3 is 0 Å². The van der Waals surface area contributed by atoms with Gasteiger partial charge in [-0.2, -0.15) is 0 Å². The summed E-state index contributed by atoms with van der Waals surface area (Å²) in [5, 5.41) is 61.1. The molecule has 38 heavy (non-hydrogen) atoms. The summed E-state index contributed by atoms with van der Waals surface area (Å²) in [5.41, 5.74) is 2.15. The van der Waals surface area contributed by atoms with E-state index in [1.807, 2.05) is 0 Å². The maximum Gasteiger partial charge on any atom is 0.137 e. The predicted molar refractivity (Wildman–Crippen MR) is 149 cm³/mol. The Morgan fingerprint density at radius 1 is 0.553 bits per heavy atom. The lowest BCUT2D eigenvalue weighted by atomic mass is 9.81. The third kappa shape index (κ3) is 5.74. The van der Waals surface area contributed by atoms with Crippen LogP contribution >= 0.6 is 31.9 Å². The second kappa shape index (κ2) is 11.4. The maximum atomic E-state index is 13.6. The molecule has 0 saturated heterocycles. The first kappa shape index (κ1) is 27.3. The Morgan fingerprint density at radius 3 is 1.24 bits per heavy atom. The van der Waals surface area contributed by atoms with Crippen LogP contribution in [0.4, 0.5) is 0 Å². The van der Waals surface area contributed by atoms with Crippen LogP contribution in [0.3, 0.4) is 0 Å². The summed E-state index contributed by atoms with van der Waals surface area (Å²) in [6.07, 6.45) is -0.0751. The Labute approximate surface area is 235 Å². The second-order valence-electron chi connectivity index (χ2n) is 8.91. The lowest BCUT2D eigenvalue weighted by Crippen LogP contribution is -2.14. The van der Waals surface area contributed by atoms with Crippen molar-refractivity contribution < 1.29 is 35.4 Å².